The summed E-state index contributed by atoms with van der Waals surface area (Å²) in [6.07, 6.45) is 5.09. The van der Waals surface area contributed by atoms with Crippen molar-refractivity contribution in [2.45, 2.75) is 25.9 Å². The minimum Gasteiger partial charge on any atom is -0.394 e. The highest BCUT2D eigenvalue weighted by molar-refractivity contribution is 8.26. The first-order valence-corrected chi connectivity index (χ1v) is 12.0. The van der Waals surface area contributed by atoms with Crippen LogP contribution in [0.25, 0.3) is 11.7 Å². The molecule has 2 aliphatic heterocycles. The summed E-state index contributed by atoms with van der Waals surface area (Å²) in [6.45, 7) is 3.89. The minimum absolute atomic E-state index is 0.0149. The van der Waals surface area contributed by atoms with Gasteiger partial charge in [-0.3, -0.25) is 18.9 Å². The largest absolute Gasteiger partial charge is 0.394 e. The van der Waals surface area contributed by atoms with Crippen LogP contribution >= 0.6 is 24.0 Å². The lowest BCUT2D eigenvalue weighted by molar-refractivity contribution is -0.123. The van der Waals surface area contributed by atoms with E-state index in [1.165, 1.54) is 16.2 Å². The first-order valence-electron chi connectivity index (χ1n) is 10.8. The monoisotopic (exact) mass is 490 g/mol. The summed E-state index contributed by atoms with van der Waals surface area (Å²) in [5.74, 6) is 0.137. The predicted molar refractivity (Wildman–Crippen MR) is 131 cm³/mol. The molecule has 1 amide bonds. The number of carbonyl (C=O) groups is 1. The lowest BCUT2D eigenvalue weighted by atomic mass is 10.2. The number of nitrogens with one attached hydrogen (secondary N) is 1. The van der Waals surface area contributed by atoms with Gasteiger partial charge in [-0.05, 0) is 37.5 Å². The van der Waals surface area contributed by atoms with Gasteiger partial charge in [0.05, 0.1) is 42.9 Å². The van der Waals surface area contributed by atoms with E-state index < -0.39 is 0 Å². The molecule has 1 atom stereocenters. The standard InChI is InChI=1S/C22H26N4O5S2/c1-14-4-2-7-25-19(14)24-18(23-6-10-30-11-8-27)16(20(25)28)12-17-21(29)26(22(32)33-17)13-15-5-3-9-31-15/h2,4,7,12,15,23,27H,3,5-6,8-11,13H2,1H3/b17-12-. The molecule has 0 spiro atoms. The van der Waals surface area contributed by atoms with Gasteiger partial charge in [-0.1, -0.05) is 30.0 Å². The van der Waals surface area contributed by atoms with Crippen molar-refractivity contribution in [3.8, 4) is 0 Å². The van der Waals surface area contributed by atoms with Crippen LogP contribution < -0.4 is 10.9 Å². The lowest BCUT2D eigenvalue weighted by Crippen LogP contribution is -2.35. The summed E-state index contributed by atoms with van der Waals surface area (Å²) in [4.78, 5) is 33.0. The van der Waals surface area contributed by atoms with Crippen molar-refractivity contribution in [2.75, 3.05) is 44.8 Å². The van der Waals surface area contributed by atoms with Gasteiger partial charge in [0.25, 0.3) is 11.5 Å². The zero-order chi connectivity index (χ0) is 23.4. The van der Waals surface area contributed by atoms with Crippen LogP contribution in [0, 0.1) is 6.92 Å². The number of fused-ring (bicyclic) bond motifs is 1. The van der Waals surface area contributed by atoms with Crippen molar-refractivity contribution in [3.05, 3.63) is 44.7 Å². The Balaban J connectivity index is 1.66. The molecule has 2 fully saturated rings. The number of aryl methyl sites for hydroxylation is 1. The predicted octanol–water partition coefficient (Wildman–Crippen LogP) is 1.80. The Kier molecular flexibility index (Phi) is 7.76. The normalized spacial score (nSPS) is 19.9. The molecule has 1 unspecified atom stereocenters. The lowest BCUT2D eigenvalue weighted by Gasteiger charge is -2.18. The van der Waals surface area contributed by atoms with E-state index in [1.807, 2.05) is 13.0 Å². The number of aliphatic hydroxyl groups excluding tert-OH is 1. The first-order chi connectivity index (χ1) is 16.0. The summed E-state index contributed by atoms with van der Waals surface area (Å²) in [5, 5.41) is 12.0. The van der Waals surface area contributed by atoms with E-state index in [4.69, 9.17) is 26.8 Å². The van der Waals surface area contributed by atoms with Gasteiger partial charge in [-0.25, -0.2) is 4.98 Å². The number of pyridine rings is 1. The van der Waals surface area contributed by atoms with E-state index in [0.29, 0.717) is 47.0 Å². The van der Waals surface area contributed by atoms with Crippen LogP contribution in [0.3, 0.4) is 0 Å². The van der Waals surface area contributed by atoms with Gasteiger partial charge >= 0.3 is 0 Å². The molecule has 2 N–H and O–H groups in total. The third kappa shape index (κ3) is 5.28. The molecule has 0 bridgehead atoms. The molecule has 2 aromatic heterocycles. The van der Waals surface area contributed by atoms with E-state index in [0.717, 1.165) is 18.4 Å². The second-order valence-electron chi connectivity index (χ2n) is 7.75. The third-order valence-corrected chi connectivity index (χ3v) is 6.80. The molecule has 2 aromatic rings. The Morgan fingerprint density at radius 2 is 2.27 bits per heavy atom. The highest BCUT2D eigenvalue weighted by Crippen LogP contribution is 2.34. The van der Waals surface area contributed by atoms with Crippen molar-refractivity contribution in [3.63, 3.8) is 0 Å². The highest BCUT2D eigenvalue weighted by Gasteiger charge is 2.35. The molecular formula is C22H26N4O5S2. The second kappa shape index (κ2) is 10.7. The highest BCUT2D eigenvalue weighted by atomic mass is 32.2. The molecule has 0 aliphatic carbocycles. The zero-order valence-corrected chi connectivity index (χ0v) is 19.9. The van der Waals surface area contributed by atoms with Crippen molar-refractivity contribution < 1.29 is 19.4 Å². The number of nitrogens with zero attached hydrogens (tertiary/aromatic N) is 3. The van der Waals surface area contributed by atoms with E-state index in [1.54, 1.807) is 23.2 Å². The summed E-state index contributed by atoms with van der Waals surface area (Å²) < 4.78 is 12.9. The number of hydrogen-bond donors (Lipinski definition) is 2. The number of thioether (sulfide) groups is 1. The third-order valence-electron chi connectivity index (χ3n) is 5.42. The fraction of sp³-hybridized carbons (Fsp3) is 0.455. The molecular weight excluding hydrogens is 464 g/mol. The maximum atomic E-state index is 13.4. The van der Waals surface area contributed by atoms with Crippen LogP contribution in [0.15, 0.2) is 28.0 Å². The number of anilines is 1. The fourth-order valence-corrected chi connectivity index (χ4v) is 5.02. The Hall–Kier alpha value is -2.31. The maximum Gasteiger partial charge on any atom is 0.267 e. The molecule has 9 nitrogen and oxygen atoms in total. The summed E-state index contributed by atoms with van der Waals surface area (Å²) in [5.41, 5.74) is 1.37. The van der Waals surface area contributed by atoms with Gasteiger partial charge in [0.15, 0.2) is 0 Å². The number of aliphatic hydroxyl groups is 1. The van der Waals surface area contributed by atoms with Crippen molar-refractivity contribution in [1.82, 2.24) is 14.3 Å². The Morgan fingerprint density at radius 1 is 1.42 bits per heavy atom. The van der Waals surface area contributed by atoms with Crippen molar-refractivity contribution >= 4 is 51.7 Å². The maximum absolute atomic E-state index is 13.4. The Labute approximate surface area is 200 Å². The van der Waals surface area contributed by atoms with Gasteiger partial charge in [0.1, 0.15) is 15.8 Å². The van der Waals surface area contributed by atoms with Gasteiger partial charge in [-0.2, -0.15) is 0 Å². The number of carbonyl (C=O) groups excluding carboxylic acids is 1. The van der Waals surface area contributed by atoms with E-state index >= 15 is 0 Å². The van der Waals surface area contributed by atoms with Crippen molar-refractivity contribution in [2.24, 2.45) is 0 Å². The number of amides is 1. The van der Waals surface area contributed by atoms with Crippen LogP contribution in [-0.2, 0) is 14.3 Å². The number of hydrogen-bond acceptors (Lipinski definition) is 9. The molecule has 33 heavy (non-hydrogen) atoms. The molecule has 0 saturated carbocycles. The number of ether oxygens (including phenoxy) is 2. The molecule has 4 heterocycles. The van der Waals surface area contributed by atoms with Crippen LogP contribution in [0.4, 0.5) is 5.82 Å². The second-order valence-corrected chi connectivity index (χ2v) is 9.43. The van der Waals surface area contributed by atoms with Crippen LogP contribution in [-0.4, -0.2) is 75.2 Å². The van der Waals surface area contributed by atoms with Gasteiger partial charge in [-0.15, -0.1) is 0 Å². The van der Waals surface area contributed by atoms with E-state index in [-0.39, 0.29) is 36.3 Å². The number of aromatic nitrogens is 2. The first kappa shape index (κ1) is 23.8. The van der Waals surface area contributed by atoms with Gasteiger partial charge < -0.3 is 19.9 Å². The summed E-state index contributed by atoms with van der Waals surface area (Å²) in [6, 6.07) is 3.66. The topological polar surface area (TPSA) is 105 Å². The average Bonchev–Trinajstić information content (AvgIpc) is 3.40. The smallest absolute Gasteiger partial charge is 0.267 e. The van der Waals surface area contributed by atoms with E-state index in [2.05, 4.69) is 10.3 Å². The summed E-state index contributed by atoms with van der Waals surface area (Å²) in [7, 11) is 0. The molecule has 176 valence electrons. The molecule has 2 aliphatic rings. The SMILES string of the molecule is Cc1cccn2c(=O)c(/C=C3\SC(=S)N(CC4CCCO4)C3=O)c(NCCOCCO)nc12. The quantitative estimate of drug-likeness (QED) is 0.309. The Morgan fingerprint density at radius 3 is 3.03 bits per heavy atom. The molecule has 4 rings (SSSR count). The van der Waals surface area contributed by atoms with E-state index in [9.17, 15) is 9.59 Å². The van der Waals surface area contributed by atoms with Gasteiger partial charge in [0, 0.05) is 19.3 Å². The fourth-order valence-electron chi connectivity index (χ4n) is 3.77. The zero-order valence-electron chi connectivity index (χ0n) is 18.3. The van der Waals surface area contributed by atoms with Crippen molar-refractivity contribution in [1.29, 1.82) is 0 Å². The number of rotatable bonds is 9. The average molecular weight is 491 g/mol. The number of thiocarbonyl (C=S) groups is 1. The molecule has 2 saturated heterocycles. The minimum atomic E-state index is -0.285. The molecule has 0 radical (unpaired) electrons. The Bertz CT molecular complexity index is 1140. The van der Waals surface area contributed by atoms with Crippen LogP contribution in [0.2, 0.25) is 0 Å². The molecule has 11 heteroatoms. The van der Waals surface area contributed by atoms with Gasteiger partial charge in [0.2, 0.25) is 0 Å². The molecule has 0 aromatic carbocycles. The van der Waals surface area contributed by atoms with Crippen LogP contribution in [0.1, 0.15) is 24.0 Å². The van der Waals surface area contributed by atoms with Crippen LogP contribution in [0.5, 0.6) is 0 Å². The summed E-state index contributed by atoms with van der Waals surface area (Å²) >= 11 is 6.61.